The molecule has 3 atom stereocenters. The fourth-order valence-electron chi connectivity index (χ4n) is 14.1. The average molecular weight is 1680 g/mol. The van der Waals surface area contributed by atoms with Crippen molar-refractivity contribution in [3.8, 4) is 28.6 Å². The van der Waals surface area contributed by atoms with Crippen molar-refractivity contribution in [2.75, 3.05) is 16.4 Å². The number of anilines is 3. The van der Waals surface area contributed by atoms with Gasteiger partial charge in [-0.15, -0.1) is 15.3 Å². The van der Waals surface area contributed by atoms with Crippen molar-refractivity contribution in [2.24, 2.45) is 0 Å². The molecule has 9 aromatic heterocycles. The van der Waals surface area contributed by atoms with E-state index >= 15 is 0 Å². The van der Waals surface area contributed by atoms with Gasteiger partial charge in [-0.1, -0.05) is 119 Å². The number of phenolic OH excluding ortho intramolecular Hbond substituents is 2. The second-order valence-electron chi connectivity index (χ2n) is 31.7. The van der Waals surface area contributed by atoms with E-state index < -0.39 is 83.1 Å². The molecule has 0 spiro atoms. The molecule has 1 fully saturated rings. The zero-order valence-electron chi connectivity index (χ0n) is 68.3. The first-order valence-corrected chi connectivity index (χ1v) is 38.7. The van der Waals surface area contributed by atoms with Gasteiger partial charge in [-0.2, -0.15) is 0 Å². The lowest BCUT2D eigenvalue weighted by Gasteiger charge is -2.32. The summed E-state index contributed by atoms with van der Waals surface area (Å²) in [6, 6.07) is 51.0. The van der Waals surface area contributed by atoms with Crippen molar-refractivity contribution in [3.63, 3.8) is 0 Å². The number of nitrogens with zero attached hydrogens (tertiary/aromatic N) is 12. The number of rotatable bonds is 15. The third-order valence-electron chi connectivity index (χ3n) is 20.3. The van der Waals surface area contributed by atoms with Crippen molar-refractivity contribution >= 4 is 109 Å². The largest absolute Gasteiger partial charge is 0.507 e. The van der Waals surface area contributed by atoms with Crippen LogP contribution >= 0.6 is 0 Å². The molecule has 5 amide bonds. The van der Waals surface area contributed by atoms with E-state index in [0.717, 1.165) is 0 Å². The molecular formula is C91H99BN18O14. The molecule has 9 N–H and O–H groups in total. The zero-order valence-corrected chi connectivity index (χ0v) is 68.3. The predicted octanol–water partition coefficient (Wildman–Crippen LogP) is 14.5. The van der Waals surface area contributed by atoms with Crippen LogP contribution in [0.5, 0.6) is 11.5 Å². The number of nitrogens with one attached hydrogen (secondary N) is 5. The van der Waals surface area contributed by atoms with Crippen LogP contribution in [0.25, 0.3) is 66.3 Å². The van der Waals surface area contributed by atoms with E-state index in [0.29, 0.717) is 66.8 Å². The number of fused-ring (bicyclic) bond motifs is 6. The average Bonchev–Trinajstić information content (AvgIpc) is 1.37. The summed E-state index contributed by atoms with van der Waals surface area (Å²) in [6.45, 7) is 23.6. The number of aromatic hydroxyl groups is 2. The third-order valence-corrected chi connectivity index (χ3v) is 20.3. The molecule has 0 bridgehead atoms. The Morgan fingerprint density at radius 2 is 0.750 bits per heavy atom. The van der Waals surface area contributed by atoms with Crippen LogP contribution in [0.1, 0.15) is 179 Å². The van der Waals surface area contributed by atoms with Gasteiger partial charge in [0.05, 0.1) is 40.1 Å². The highest BCUT2D eigenvalue weighted by Gasteiger charge is 2.52. The third kappa shape index (κ3) is 18.3. The molecule has 1 saturated heterocycles. The molecule has 124 heavy (non-hydrogen) atoms. The number of ether oxygens (including phenoxy) is 2. The first-order valence-electron chi connectivity index (χ1n) is 38.7. The standard InChI is InChI=1S/C35H39BN6O6.C29H28N6O5.C24H20N6O3.3CH4/c1-21(38-30(43)27-28(39-32(45)46-33(2,3)4)40-41-19-13-18-37-29(27)41)25-20-22-14-12-17-24(36-47-34(5,6)35(7,8)48-36)26(22)31(44)42(25)23-15-10-9-11-16-23;1-17(20-16-18-10-8-13-21(36)22(18)27(38)35(20)19-11-6-5-7-12-19)31-26(37)23-24(32-28(39)40-29(2,3)4)33-34-15-9-14-30-25(23)34;1-14(27-23(32)20-21(25)28-29-12-6-11-26-22(20)29)17-13-15-7-5-10-18(31)19(15)24(33)30(17)16-8-3-2-4-9-16;;;/h9-21H,1-8H3,(H,38,43)(H,39,40,45);5-17,36H,1-4H3,(H,31,37)(H,32,33,39);2-14,31H,1H3,(H2,25,28)(H,27,32);3*1H4/t21-;17-;14-;;;/m000.../s1. The summed E-state index contributed by atoms with van der Waals surface area (Å²) in [5, 5.41) is 50.2. The molecular weight excluding hydrogens is 1580 g/mol. The maximum Gasteiger partial charge on any atom is 0.495 e. The first kappa shape index (κ1) is 89.9. The number of amides is 5. The zero-order chi connectivity index (χ0) is 86.3. The lowest BCUT2D eigenvalue weighted by Crippen LogP contribution is -2.41. The van der Waals surface area contributed by atoms with Gasteiger partial charge < -0.3 is 50.7 Å². The normalized spacial score (nSPS) is 13.5. The smallest absolute Gasteiger partial charge is 0.495 e. The Bertz CT molecular complexity index is 6740. The molecule has 1 aliphatic rings. The number of carbonyl (C=O) groups excluding carboxylic acids is 5. The van der Waals surface area contributed by atoms with Gasteiger partial charge in [0.1, 0.15) is 39.4 Å². The number of carbonyl (C=O) groups is 5. The summed E-state index contributed by atoms with van der Waals surface area (Å²) in [5.74, 6) is -1.81. The van der Waals surface area contributed by atoms with Crippen molar-refractivity contribution < 1.29 is 53.0 Å². The van der Waals surface area contributed by atoms with Crippen LogP contribution in [0.3, 0.4) is 0 Å². The SMILES string of the molecule is C.C.C.C[C@H](NC(=O)c1c(N)nn2cccnc12)c1cc2cccc(O)c2c(=O)n1-c1ccccc1.C[C@H](NC(=O)c1c(NC(=O)OC(C)(C)C)nn2cccnc12)c1cc2cccc(B3OC(C)(C)C(C)(C)O3)c2c(=O)n1-c1ccccc1.C[C@H](NC(=O)c1c(NC(=O)OC(C)(C)C)nn2cccnc12)c1cc2cccc(O)c2c(=O)n1-c1ccccc1. The molecule has 640 valence electrons. The predicted molar refractivity (Wildman–Crippen MR) is 479 cm³/mol. The van der Waals surface area contributed by atoms with Crippen LogP contribution in [-0.2, 0) is 18.8 Å². The second-order valence-corrected chi connectivity index (χ2v) is 31.7. The number of hydrogen-bond donors (Lipinski definition) is 8. The molecule has 10 heterocycles. The summed E-state index contributed by atoms with van der Waals surface area (Å²) in [6.07, 6.45) is 7.94. The number of nitrogen functional groups attached to an aromatic ring is 1. The van der Waals surface area contributed by atoms with Gasteiger partial charge in [-0.05, 0) is 197 Å². The van der Waals surface area contributed by atoms with Crippen LogP contribution < -0.4 is 54.5 Å². The van der Waals surface area contributed by atoms with E-state index in [9.17, 15) is 48.6 Å². The Morgan fingerprint density at radius 1 is 0.435 bits per heavy atom. The number of phenols is 2. The summed E-state index contributed by atoms with van der Waals surface area (Å²) in [7, 11) is -0.752. The fraction of sp³-hybridized carbons (Fsp3) is 0.253. The van der Waals surface area contributed by atoms with Crippen LogP contribution in [0.15, 0.2) is 234 Å². The van der Waals surface area contributed by atoms with Gasteiger partial charge in [-0.25, -0.2) is 38.1 Å². The topological polar surface area (TPSA) is 405 Å². The molecule has 0 radical (unpaired) electrons. The molecule has 0 unspecified atom stereocenters. The molecule has 32 nitrogen and oxygen atoms in total. The minimum Gasteiger partial charge on any atom is -0.507 e. The van der Waals surface area contributed by atoms with Crippen LogP contribution in [0, 0.1) is 0 Å². The number of aromatic nitrogens is 12. The van der Waals surface area contributed by atoms with Crippen molar-refractivity contribution in [1.82, 2.24) is 73.4 Å². The van der Waals surface area contributed by atoms with E-state index in [1.54, 1.807) is 183 Å². The minimum atomic E-state index is -0.773. The minimum absolute atomic E-state index is 0. The molecule has 16 rings (SSSR count). The highest BCUT2D eigenvalue weighted by Crippen LogP contribution is 2.38. The Morgan fingerprint density at radius 3 is 1.10 bits per heavy atom. The molecule has 15 aromatic rings. The van der Waals surface area contributed by atoms with Crippen molar-refractivity contribution in [2.45, 2.75) is 153 Å². The number of hydrogen-bond acceptors (Lipinski definition) is 21. The summed E-state index contributed by atoms with van der Waals surface area (Å²) in [5.41, 5.74) is 7.19. The maximum atomic E-state index is 14.6. The van der Waals surface area contributed by atoms with Gasteiger partial charge in [0.15, 0.2) is 34.4 Å². The molecule has 0 aliphatic carbocycles. The second kappa shape index (κ2) is 35.8. The molecule has 33 heteroatoms. The fourth-order valence-corrected chi connectivity index (χ4v) is 14.1. The van der Waals surface area contributed by atoms with E-state index in [-0.39, 0.29) is 101 Å². The number of para-hydroxylation sites is 3. The van der Waals surface area contributed by atoms with Gasteiger partial charge in [-0.3, -0.25) is 53.1 Å². The Labute approximate surface area is 713 Å². The van der Waals surface area contributed by atoms with E-state index in [1.165, 1.54) is 47.2 Å². The maximum absolute atomic E-state index is 14.6. The first-order chi connectivity index (χ1) is 57.5. The Hall–Kier alpha value is -14.9. The van der Waals surface area contributed by atoms with Crippen LogP contribution in [-0.4, -0.2) is 127 Å². The number of nitrogens with two attached hydrogens (primary N) is 1. The van der Waals surface area contributed by atoms with Crippen molar-refractivity contribution in [3.05, 3.63) is 284 Å². The van der Waals surface area contributed by atoms with Gasteiger partial charge in [0.2, 0.25) is 0 Å². The number of benzene rings is 6. The van der Waals surface area contributed by atoms with E-state index in [2.05, 4.69) is 56.8 Å². The van der Waals surface area contributed by atoms with Crippen LogP contribution in [0.4, 0.5) is 27.0 Å². The quantitative estimate of drug-likeness (QED) is 0.0442. The molecule has 1 aliphatic heterocycles. The van der Waals surface area contributed by atoms with Gasteiger partial charge in [0.25, 0.3) is 34.4 Å². The monoisotopic (exact) mass is 1680 g/mol. The summed E-state index contributed by atoms with van der Waals surface area (Å²) >= 11 is 0. The lowest BCUT2D eigenvalue weighted by atomic mass is 9.76. The van der Waals surface area contributed by atoms with Crippen LogP contribution in [0.2, 0.25) is 0 Å². The molecule has 0 saturated carbocycles. The molecule has 6 aromatic carbocycles. The summed E-state index contributed by atoms with van der Waals surface area (Å²) < 4.78 is 32.2. The highest BCUT2D eigenvalue weighted by atomic mass is 16.7. The van der Waals surface area contributed by atoms with E-state index in [4.69, 9.17) is 24.5 Å². The highest BCUT2D eigenvalue weighted by molar-refractivity contribution is 6.65. The van der Waals surface area contributed by atoms with Gasteiger partial charge >= 0.3 is 19.3 Å². The van der Waals surface area contributed by atoms with Crippen molar-refractivity contribution in [1.29, 1.82) is 0 Å². The Kier molecular flexibility index (Phi) is 26.0. The number of pyridine rings is 3. The summed E-state index contributed by atoms with van der Waals surface area (Å²) in [4.78, 5) is 121. The lowest BCUT2D eigenvalue weighted by molar-refractivity contribution is 0.00578. The Balaban J connectivity index is 0.000000182. The van der Waals surface area contributed by atoms with Gasteiger partial charge in [0, 0.05) is 76.7 Å². The van der Waals surface area contributed by atoms with E-state index in [1.807, 2.05) is 107 Å².